The molecule has 1 aromatic heterocycles. The summed E-state index contributed by atoms with van der Waals surface area (Å²) in [6.07, 6.45) is -2.70. The quantitative estimate of drug-likeness (QED) is 0.651. The summed E-state index contributed by atoms with van der Waals surface area (Å²) in [5.74, 6) is -5.25. The van der Waals surface area contributed by atoms with Gasteiger partial charge in [0.1, 0.15) is 6.04 Å². The number of nitrogens with two attached hydrogens (primary N) is 1. The van der Waals surface area contributed by atoms with E-state index in [-0.39, 0.29) is 5.88 Å². The number of alkyl halides is 4. The Morgan fingerprint density at radius 3 is 2.52 bits per heavy atom. The highest BCUT2D eigenvalue weighted by molar-refractivity contribution is 5.97. The molecule has 1 atom stereocenters. The number of urea groups is 1. The number of rotatable bonds is 7. The molecule has 0 fully saturated rings. The molecular weight excluding hydrogens is 324 g/mol. The summed E-state index contributed by atoms with van der Waals surface area (Å²) in [4.78, 5) is 25.6. The molecule has 0 aliphatic rings. The van der Waals surface area contributed by atoms with Crippen molar-refractivity contribution in [3.63, 3.8) is 0 Å². The number of nitrogens with zero attached hydrogens (tertiary/aromatic N) is 1. The van der Waals surface area contributed by atoms with E-state index in [1.54, 1.807) is 0 Å². The normalized spacial score (nSPS) is 12.6. The van der Waals surface area contributed by atoms with Crippen molar-refractivity contribution >= 4 is 17.6 Å². The summed E-state index contributed by atoms with van der Waals surface area (Å²) in [5, 5.41) is 4.52. The maximum atomic E-state index is 12.7. The molecule has 7 nitrogen and oxygen atoms in total. The number of pyridine rings is 1. The lowest BCUT2D eigenvalue weighted by molar-refractivity contribution is -0.148. The van der Waals surface area contributed by atoms with Crippen LogP contribution < -0.4 is 21.1 Å². The molecule has 0 bridgehead atoms. The molecule has 4 N–H and O–H groups in total. The number of primary amides is 1. The van der Waals surface area contributed by atoms with Gasteiger partial charge >= 0.3 is 18.4 Å². The Morgan fingerprint density at radius 1 is 1.39 bits per heavy atom. The van der Waals surface area contributed by atoms with Gasteiger partial charge in [-0.2, -0.15) is 8.78 Å². The van der Waals surface area contributed by atoms with Crippen molar-refractivity contribution in [2.45, 2.75) is 25.3 Å². The number of aromatic nitrogens is 1. The smallest absolute Gasteiger partial charge is 0.340 e. The first-order valence-corrected chi connectivity index (χ1v) is 6.23. The Bertz CT molecular complexity index is 554. The van der Waals surface area contributed by atoms with Crippen molar-refractivity contribution in [1.82, 2.24) is 10.3 Å². The van der Waals surface area contributed by atoms with Crippen LogP contribution in [0.3, 0.4) is 0 Å². The van der Waals surface area contributed by atoms with Crippen LogP contribution in [0.25, 0.3) is 0 Å². The second kappa shape index (κ2) is 7.61. The van der Waals surface area contributed by atoms with Crippen LogP contribution in [0.5, 0.6) is 5.88 Å². The Kier molecular flexibility index (Phi) is 6.10. The van der Waals surface area contributed by atoms with E-state index in [1.165, 1.54) is 13.0 Å². The van der Waals surface area contributed by atoms with E-state index in [1.807, 2.05) is 5.32 Å². The Balaban J connectivity index is 2.56. The first kappa shape index (κ1) is 18.5. The second-order valence-corrected chi connectivity index (χ2v) is 4.46. The van der Waals surface area contributed by atoms with Gasteiger partial charge in [-0.05, 0) is 13.0 Å². The molecule has 0 saturated carbocycles. The van der Waals surface area contributed by atoms with E-state index in [0.29, 0.717) is 5.69 Å². The topological polar surface area (TPSA) is 106 Å². The largest absolute Gasteiger partial charge is 0.471 e. The van der Waals surface area contributed by atoms with Crippen LogP contribution in [0, 0.1) is 0 Å². The van der Waals surface area contributed by atoms with Gasteiger partial charge in [-0.15, -0.1) is 0 Å². The molecule has 0 aliphatic heterocycles. The van der Waals surface area contributed by atoms with Gasteiger partial charge < -0.3 is 15.8 Å². The fourth-order valence-electron chi connectivity index (χ4n) is 1.33. The molecule has 128 valence electrons. The first-order chi connectivity index (χ1) is 10.6. The second-order valence-electron chi connectivity index (χ2n) is 4.46. The summed E-state index contributed by atoms with van der Waals surface area (Å²) >= 11 is 0. The average molecular weight is 338 g/mol. The number of anilines is 1. The number of carbonyl (C=O) groups excluding carboxylic acids is 2. The molecule has 0 saturated heterocycles. The van der Waals surface area contributed by atoms with Crippen molar-refractivity contribution in [3.05, 3.63) is 18.3 Å². The maximum absolute atomic E-state index is 12.7. The van der Waals surface area contributed by atoms with Gasteiger partial charge in [0.2, 0.25) is 11.8 Å². The van der Waals surface area contributed by atoms with Crippen LogP contribution in [0.4, 0.5) is 28.0 Å². The third-order valence-electron chi connectivity index (χ3n) is 2.49. The molecule has 3 amide bonds. The van der Waals surface area contributed by atoms with Gasteiger partial charge in [0.25, 0.3) is 0 Å². The molecule has 0 aromatic carbocycles. The molecule has 1 heterocycles. The zero-order valence-electron chi connectivity index (χ0n) is 11.9. The molecular formula is C12H14F4N4O3. The molecule has 23 heavy (non-hydrogen) atoms. The van der Waals surface area contributed by atoms with Crippen LogP contribution in [-0.2, 0) is 4.79 Å². The van der Waals surface area contributed by atoms with Gasteiger partial charge in [0.05, 0.1) is 11.9 Å². The minimum atomic E-state index is -4.28. The monoisotopic (exact) mass is 338 g/mol. The predicted molar refractivity (Wildman–Crippen MR) is 71.5 cm³/mol. The molecule has 1 rings (SSSR count). The summed E-state index contributed by atoms with van der Waals surface area (Å²) in [6.45, 7) is -0.0757. The summed E-state index contributed by atoms with van der Waals surface area (Å²) in [7, 11) is 0. The first-order valence-electron chi connectivity index (χ1n) is 6.23. The third kappa shape index (κ3) is 5.96. The van der Waals surface area contributed by atoms with Gasteiger partial charge in [-0.3, -0.25) is 10.1 Å². The van der Waals surface area contributed by atoms with E-state index in [2.05, 4.69) is 15.0 Å². The van der Waals surface area contributed by atoms with Gasteiger partial charge in [0, 0.05) is 6.07 Å². The third-order valence-corrected chi connectivity index (χ3v) is 2.49. The fourth-order valence-corrected chi connectivity index (χ4v) is 1.33. The molecule has 11 heteroatoms. The number of hydrogen-bond acceptors (Lipinski definition) is 5. The van der Waals surface area contributed by atoms with Crippen LogP contribution in [0.1, 0.15) is 6.92 Å². The number of carbonyl (C=O) groups is 2. The van der Waals surface area contributed by atoms with E-state index >= 15 is 0 Å². The number of ether oxygens (including phenoxy) is 1. The zero-order chi connectivity index (χ0) is 17.6. The minimum absolute atomic E-state index is 0.287. The van der Waals surface area contributed by atoms with Crippen molar-refractivity contribution < 1.29 is 31.9 Å². The lowest BCUT2D eigenvalue weighted by Gasteiger charge is -2.16. The Hall–Kier alpha value is -2.59. The van der Waals surface area contributed by atoms with E-state index in [4.69, 9.17) is 5.73 Å². The molecule has 0 unspecified atom stereocenters. The predicted octanol–water partition coefficient (Wildman–Crippen LogP) is 1.36. The number of hydrogen-bond donors (Lipinski definition) is 3. The minimum Gasteiger partial charge on any atom is -0.471 e. The van der Waals surface area contributed by atoms with Crippen molar-refractivity contribution in [3.8, 4) is 5.88 Å². The van der Waals surface area contributed by atoms with Gasteiger partial charge in [-0.25, -0.2) is 18.6 Å². The lowest BCUT2D eigenvalue weighted by atomic mass is 10.3. The van der Waals surface area contributed by atoms with Crippen molar-refractivity contribution in [1.29, 1.82) is 0 Å². The number of amides is 3. The van der Waals surface area contributed by atoms with Crippen LogP contribution >= 0.6 is 0 Å². The van der Waals surface area contributed by atoms with E-state index in [0.717, 1.165) is 12.3 Å². The number of halogens is 4. The highest BCUT2D eigenvalue weighted by Gasteiger charge is 2.41. The van der Waals surface area contributed by atoms with Crippen molar-refractivity contribution in [2.24, 2.45) is 5.73 Å². The van der Waals surface area contributed by atoms with Gasteiger partial charge in [-0.1, -0.05) is 0 Å². The summed E-state index contributed by atoms with van der Waals surface area (Å²) in [5.41, 5.74) is 5.10. The average Bonchev–Trinajstić information content (AvgIpc) is 2.45. The zero-order valence-corrected chi connectivity index (χ0v) is 11.9. The number of nitrogens with one attached hydrogen (secondary N) is 2. The van der Waals surface area contributed by atoms with Crippen molar-refractivity contribution in [2.75, 3.05) is 11.9 Å². The molecule has 0 aliphatic carbocycles. The Morgan fingerprint density at radius 2 is 2.04 bits per heavy atom. The summed E-state index contributed by atoms with van der Waals surface area (Å²) in [6, 6.07) is 0.643. The van der Waals surface area contributed by atoms with E-state index < -0.39 is 36.9 Å². The van der Waals surface area contributed by atoms with Crippen LogP contribution in [-0.4, -0.2) is 41.9 Å². The summed E-state index contributed by atoms with van der Waals surface area (Å²) < 4.78 is 53.8. The standard InChI is InChI=1S/C12H14F4N4O3/c1-6(9(21)20-11(17)22)19-7-2-3-8(18-4-7)23-5-12(15,16)10(13)14/h2-4,6,10,19H,5H2,1H3,(H3,17,20,21,22)/t6-/m1/s1. The maximum Gasteiger partial charge on any atom is 0.340 e. The van der Waals surface area contributed by atoms with Crippen LogP contribution in [0.2, 0.25) is 0 Å². The number of imide groups is 1. The highest BCUT2D eigenvalue weighted by atomic mass is 19.3. The Labute approximate surface area is 128 Å². The van der Waals surface area contributed by atoms with Gasteiger partial charge in [0.15, 0.2) is 6.61 Å². The molecule has 1 aromatic rings. The molecule has 0 radical (unpaired) electrons. The molecule has 0 spiro atoms. The lowest BCUT2D eigenvalue weighted by Crippen LogP contribution is -2.43. The van der Waals surface area contributed by atoms with E-state index in [9.17, 15) is 27.2 Å². The van der Waals surface area contributed by atoms with Crippen LogP contribution in [0.15, 0.2) is 18.3 Å². The highest BCUT2D eigenvalue weighted by Crippen LogP contribution is 2.24. The SMILES string of the molecule is C[C@@H](Nc1ccc(OCC(F)(F)C(F)F)nc1)C(=O)NC(N)=O. The fraction of sp³-hybridized carbons (Fsp3) is 0.417.